The molecule has 24 heavy (non-hydrogen) atoms. The third-order valence-electron chi connectivity index (χ3n) is 3.27. The van der Waals surface area contributed by atoms with Gasteiger partial charge in [-0.25, -0.2) is 0 Å². The lowest BCUT2D eigenvalue weighted by molar-refractivity contribution is -0.120. The fourth-order valence-corrected chi connectivity index (χ4v) is 2.11. The van der Waals surface area contributed by atoms with Gasteiger partial charge in [0.1, 0.15) is 25.1 Å². The molecule has 0 saturated carbocycles. The fourth-order valence-electron chi connectivity index (χ4n) is 2.11. The Kier molecular flexibility index (Phi) is 17.3. The van der Waals surface area contributed by atoms with Crippen LogP contribution in [-0.2, 0) is 24.0 Å². The lowest BCUT2D eigenvalue weighted by Crippen LogP contribution is -2.39. The summed E-state index contributed by atoms with van der Waals surface area (Å²) in [7, 11) is 1.00. The Hall–Kier alpha value is -2.15. The summed E-state index contributed by atoms with van der Waals surface area (Å²) in [5.41, 5.74) is 0.466. The predicted molar refractivity (Wildman–Crippen MR) is 89.3 cm³/mol. The van der Waals surface area contributed by atoms with Crippen molar-refractivity contribution in [3.63, 3.8) is 0 Å². The van der Waals surface area contributed by atoms with Crippen LogP contribution in [0.4, 0.5) is 0 Å². The van der Waals surface area contributed by atoms with E-state index in [0.717, 1.165) is 26.0 Å². The average Bonchev–Trinajstić information content (AvgIpc) is 2.59. The highest BCUT2D eigenvalue weighted by Gasteiger charge is 2.20. The minimum absolute atomic E-state index is 0.247. The molecular formula is C17H27NO6. The molecule has 0 aliphatic heterocycles. The number of aliphatic hydroxyl groups is 1. The zero-order valence-corrected chi connectivity index (χ0v) is 14.3. The second kappa shape index (κ2) is 17.2. The van der Waals surface area contributed by atoms with Crippen molar-refractivity contribution in [2.75, 3.05) is 7.11 Å². The maximum atomic E-state index is 11.3. The number of aldehydes is 4. The van der Waals surface area contributed by atoms with Crippen LogP contribution in [-0.4, -0.2) is 49.3 Å². The molecule has 0 aliphatic carbocycles. The van der Waals surface area contributed by atoms with Gasteiger partial charge in [-0.15, -0.1) is 0 Å². The van der Waals surface area contributed by atoms with Crippen LogP contribution in [0.25, 0.3) is 0 Å². The van der Waals surface area contributed by atoms with Gasteiger partial charge in [0.15, 0.2) is 0 Å². The van der Waals surface area contributed by atoms with Crippen LogP contribution >= 0.6 is 0 Å². The Balaban J connectivity index is 0. The Bertz CT molecular complexity index is 419. The molecule has 0 fully saturated rings. The van der Waals surface area contributed by atoms with E-state index in [1.54, 1.807) is 6.08 Å². The molecule has 0 bridgehead atoms. The Morgan fingerprint density at radius 2 is 1.71 bits per heavy atom. The van der Waals surface area contributed by atoms with E-state index in [1.165, 1.54) is 6.92 Å². The standard InChI is InChI=1S/C16H23NO5.CH4O/c1-13(22)17-16(6-2-3-9-18)15(12-21)8-7-14(11-20)5-4-10-19;1-2/h7,9-12,15-16H,2-6,8H2,1H3,(H,17,22);2H,1H3/b14-7-;. The number of amides is 1. The summed E-state index contributed by atoms with van der Waals surface area (Å²) < 4.78 is 0. The molecule has 0 saturated heterocycles. The van der Waals surface area contributed by atoms with Crippen molar-refractivity contribution in [2.24, 2.45) is 5.92 Å². The van der Waals surface area contributed by atoms with Crippen LogP contribution in [0.15, 0.2) is 11.6 Å². The van der Waals surface area contributed by atoms with Gasteiger partial charge in [0.05, 0.1) is 0 Å². The Morgan fingerprint density at radius 3 is 2.17 bits per heavy atom. The highest BCUT2D eigenvalue weighted by Crippen LogP contribution is 2.15. The van der Waals surface area contributed by atoms with Gasteiger partial charge < -0.3 is 24.8 Å². The molecule has 7 heteroatoms. The number of allylic oxidation sites excluding steroid dienone is 2. The molecule has 2 N–H and O–H groups in total. The molecule has 0 rings (SSSR count). The first-order valence-electron chi connectivity index (χ1n) is 7.77. The summed E-state index contributed by atoms with van der Waals surface area (Å²) in [5, 5.41) is 9.71. The van der Waals surface area contributed by atoms with Crippen LogP contribution in [0.2, 0.25) is 0 Å². The summed E-state index contributed by atoms with van der Waals surface area (Å²) in [6, 6.07) is -0.370. The lowest BCUT2D eigenvalue weighted by atomic mass is 9.92. The van der Waals surface area contributed by atoms with Gasteiger partial charge in [-0.2, -0.15) is 0 Å². The summed E-state index contributed by atoms with van der Waals surface area (Å²) in [6.07, 6.45) is 6.95. The summed E-state index contributed by atoms with van der Waals surface area (Å²) in [6.45, 7) is 1.37. The smallest absolute Gasteiger partial charge is 0.217 e. The van der Waals surface area contributed by atoms with E-state index in [2.05, 4.69) is 5.32 Å². The molecule has 0 radical (unpaired) electrons. The molecule has 1 amide bonds. The van der Waals surface area contributed by atoms with Gasteiger partial charge in [0.25, 0.3) is 0 Å². The van der Waals surface area contributed by atoms with Crippen LogP contribution in [0.1, 0.15) is 45.4 Å². The second-order valence-electron chi connectivity index (χ2n) is 5.04. The number of nitrogens with one attached hydrogen (secondary N) is 1. The molecule has 0 aromatic carbocycles. The SMILES string of the molecule is CC(=O)NC(CCCC=O)C(C=O)C/C=C(\C=O)CCC=O.CO. The fraction of sp³-hybridized carbons (Fsp3) is 0.588. The molecule has 0 spiro atoms. The predicted octanol–water partition coefficient (Wildman–Crippen LogP) is 0.778. The van der Waals surface area contributed by atoms with E-state index in [4.69, 9.17) is 5.11 Å². The summed E-state index contributed by atoms with van der Waals surface area (Å²) >= 11 is 0. The molecule has 2 atom stereocenters. The van der Waals surface area contributed by atoms with Crippen molar-refractivity contribution < 1.29 is 29.1 Å². The normalized spacial score (nSPS) is 12.9. The largest absolute Gasteiger partial charge is 0.400 e. The molecule has 136 valence electrons. The van der Waals surface area contributed by atoms with E-state index in [-0.39, 0.29) is 18.4 Å². The van der Waals surface area contributed by atoms with Crippen LogP contribution in [0, 0.1) is 5.92 Å². The quantitative estimate of drug-likeness (QED) is 0.290. The Labute approximate surface area is 142 Å². The summed E-state index contributed by atoms with van der Waals surface area (Å²) in [4.78, 5) is 54.1. The summed E-state index contributed by atoms with van der Waals surface area (Å²) in [5.74, 6) is -0.717. The molecule has 0 aromatic rings. The van der Waals surface area contributed by atoms with Gasteiger partial charge in [-0.05, 0) is 31.3 Å². The van der Waals surface area contributed by atoms with E-state index < -0.39 is 5.92 Å². The van der Waals surface area contributed by atoms with E-state index in [0.29, 0.717) is 44.0 Å². The second-order valence-corrected chi connectivity index (χ2v) is 5.04. The first-order chi connectivity index (χ1) is 11.6. The van der Waals surface area contributed by atoms with Crippen molar-refractivity contribution in [2.45, 2.75) is 51.5 Å². The van der Waals surface area contributed by atoms with Gasteiger partial charge in [-0.1, -0.05) is 6.08 Å². The number of hydrogen-bond acceptors (Lipinski definition) is 6. The van der Waals surface area contributed by atoms with Crippen molar-refractivity contribution in [3.05, 3.63) is 11.6 Å². The topological polar surface area (TPSA) is 118 Å². The van der Waals surface area contributed by atoms with E-state index in [9.17, 15) is 24.0 Å². The first kappa shape index (κ1) is 24.1. The molecule has 0 aromatic heterocycles. The maximum Gasteiger partial charge on any atom is 0.217 e. The molecule has 2 unspecified atom stereocenters. The van der Waals surface area contributed by atoms with Crippen LogP contribution in [0.3, 0.4) is 0 Å². The number of unbranched alkanes of at least 4 members (excludes halogenated alkanes) is 1. The maximum absolute atomic E-state index is 11.3. The average molecular weight is 341 g/mol. The Morgan fingerprint density at radius 1 is 1.08 bits per heavy atom. The van der Waals surface area contributed by atoms with Gasteiger partial charge in [0.2, 0.25) is 5.91 Å². The van der Waals surface area contributed by atoms with Crippen molar-refractivity contribution in [1.82, 2.24) is 5.32 Å². The van der Waals surface area contributed by atoms with Crippen LogP contribution < -0.4 is 5.32 Å². The highest BCUT2D eigenvalue weighted by atomic mass is 16.2. The van der Waals surface area contributed by atoms with Crippen molar-refractivity contribution in [3.8, 4) is 0 Å². The molecule has 0 aliphatic rings. The monoisotopic (exact) mass is 341 g/mol. The molecule has 0 heterocycles. The number of aliphatic hydroxyl groups excluding tert-OH is 1. The number of carbonyl (C=O) groups excluding carboxylic acids is 5. The van der Waals surface area contributed by atoms with Gasteiger partial charge >= 0.3 is 0 Å². The highest BCUT2D eigenvalue weighted by molar-refractivity contribution is 5.75. The zero-order chi connectivity index (χ0) is 18.8. The number of rotatable bonds is 13. The van der Waals surface area contributed by atoms with Crippen molar-refractivity contribution in [1.29, 1.82) is 0 Å². The minimum Gasteiger partial charge on any atom is -0.400 e. The van der Waals surface area contributed by atoms with Crippen molar-refractivity contribution >= 4 is 31.1 Å². The van der Waals surface area contributed by atoms with Crippen LogP contribution in [0.5, 0.6) is 0 Å². The van der Waals surface area contributed by atoms with E-state index >= 15 is 0 Å². The van der Waals surface area contributed by atoms with Gasteiger partial charge in [0, 0.05) is 38.8 Å². The number of carbonyl (C=O) groups is 5. The zero-order valence-electron chi connectivity index (χ0n) is 14.3. The minimum atomic E-state index is -0.471. The first-order valence-corrected chi connectivity index (χ1v) is 7.77. The lowest BCUT2D eigenvalue weighted by Gasteiger charge is -2.22. The van der Waals surface area contributed by atoms with E-state index in [1.807, 2.05) is 0 Å². The molecule has 7 nitrogen and oxygen atoms in total. The third-order valence-corrected chi connectivity index (χ3v) is 3.27. The molecular weight excluding hydrogens is 314 g/mol. The number of hydrogen-bond donors (Lipinski definition) is 2. The third kappa shape index (κ3) is 12.4. The van der Waals surface area contributed by atoms with Gasteiger partial charge in [-0.3, -0.25) is 9.59 Å².